The minimum atomic E-state index is 0.337. The molecule has 1 saturated heterocycles. The fourth-order valence-corrected chi connectivity index (χ4v) is 2.92. The van der Waals surface area contributed by atoms with E-state index >= 15 is 0 Å². The van der Waals surface area contributed by atoms with Gasteiger partial charge in [0.1, 0.15) is 5.82 Å². The van der Waals surface area contributed by atoms with E-state index in [1.54, 1.807) is 7.11 Å². The zero-order chi connectivity index (χ0) is 15.4. The van der Waals surface area contributed by atoms with Gasteiger partial charge in [0, 0.05) is 38.0 Å². The van der Waals surface area contributed by atoms with Crippen molar-refractivity contribution in [1.82, 2.24) is 10.3 Å². The van der Waals surface area contributed by atoms with Crippen molar-refractivity contribution in [3.8, 4) is 0 Å². The van der Waals surface area contributed by atoms with Gasteiger partial charge in [-0.15, -0.1) is 0 Å². The van der Waals surface area contributed by atoms with E-state index in [1.807, 2.05) is 0 Å². The Kier molecular flexibility index (Phi) is 5.59. The van der Waals surface area contributed by atoms with Crippen LogP contribution in [0.3, 0.4) is 0 Å². The Morgan fingerprint density at radius 2 is 2.19 bits per heavy atom. The molecule has 4 heteroatoms. The maximum Gasteiger partial charge on any atom is 0.133 e. The molecular formula is C17H29N3O. The highest BCUT2D eigenvalue weighted by Gasteiger charge is 2.25. The molecule has 1 aliphatic heterocycles. The van der Waals surface area contributed by atoms with E-state index in [4.69, 9.17) is 9.72 Å². The number of ether oxygens (including phenoxy) is 1. The van der Waals surface area contributed by atoms with Crippen molar-refractivity contribution >= 4 is 5.82 Å². The van der Waals surface area contributed by atoms with Crippen LogP contribution < -0.4 is 10.2 Å². The van der Waals surface area contributed by atoms with Gasteiger partial charge in [0.05, 0.1) is 6.10 Å². The fourth-order valence-electron chi connectivity index (χ4n) is 2.92. The summed E-state index contributed by atoms with van der Waals surface area (Å²) < 4.78 is 5.49. The van der Waals surface area contributed by atoms with Gasteiger partial charge in [0.25, 0.3) is 0 Å². The number of hydrogen-bond acceptors (Lipinski definition) is 4. The smallest absolute Gasteiger partial charge is 0.133 e. The fraction of sp³-hybridized carbons (Fsp3) is 0.706. The third kappa shape index (κ3) is 4.17. The second-order valence-corrected chi connectivity index (χ2v) is 6.50. The Labute approximate surface area is 128 Å². The molecule has 21 heavy (non-hydrogen) atoms. The van der Waals surface area contributed by atoms with Crippen LogP contribution in [0.5, 0.6) is 0 Å². The molecule has 4 nitrogen and oxygen atoms in total. The molecule has 118 valence electrons. The summed E-state index contributed by atoms with van der Waals surface area (Å²) >= 11 is 0. The number of rotatable bonds is 6. The summed E-state index contributed by atoms with van der Waals surface area (Å²) in [5, 5.41) is 3.55. The van der Waals surface area contributed by atoms with E-state index in [2.05, 4.69) is 44.0 Å². The Hall–Kier alpha value is -1.13. The molecule has 0 aromatic carbocycles. The molecule has 1 unspecified atom stereocenters. The Morgan fingerprint density at radius 1 is 1.43 bits per heavy atom. The first-order valence-corrected chi connectivity index (χ1v) is 7.96. The van der Waals surface area contributed by atoms with Crippen molar-refractivity contribution in [3.63, 3.8) is 0 Å². The molecular weight excluding hydrogens is 262 g/mol. The van der Waals surface area contributed by atoms with Gasteiger partial charge in [-0.2, -0.15) is 0 Å². The third-order valence-corrected chi connectivity index (χ3v) is 4.09. The van der Waals surface area contributed by atoms with Crippen molar-refractivity contribution in [2.24, 2.45) is 5.92 Å². The molecule has 0 amide bonds. The van der Waals surface area contributed by atoms with E-state index in [9.17, 15) is 0 Å². The van der Waals surface area contributed by atoms with Crippen LogP contribution in [0.25, 0.3) is 0 Å². The third-order valence-electron chi connectivity index (χ3n) is 4.09. The molecule has 0 saturated carbocycles. The second-order valence-electron chi connectivity index (χ2n) is 6.50. The summed E-state index contributed by atoms with van der Waals surface area (Å²) in [4.78, 5) is 7.19. The molecule has 2 heterocycles. The lowest BCUT2D eigenvalue weighted by Gasteiger charge is -2.23. The van der Waals surface area contributed by atoms with Gasteiger partial charge >= 0.3 is 0 Å². The monoisotopic (exact) mass is 291 g/mol. The highest BCUT2D eigenvalue weighted by atomic mass is 16.5. The normalized spacial score (nSPS) is 18.8. The van der Waals surface area contributed by atoms with Gasteiger partial charge in [-0.3, -0.25) is 0 Å². The van der Waals surface area contributed by atoms with Crippen LogP contribution in [0.4, 0.5) is 5.82 Å². The van der Waals surface area contributed by atoms with Gasteiger partial charge in [-0.1, -0.05) is 13.8 Å². The molecule has 1 aliphatic rings. The summed E-state index contributed by atoms with van der Waals surface area (Å²) in [6.45, 7) is 12.6. The quantitative estimate of drug-likeness (QED) is 0.874. The molecule has 1 atom stereocenters. The molecule has 1 N–H and O–H groups in total. The number of anilines is 1. The van der Waals surface area contributed by atoms with Crippen LogP contribution in [0.2, 0.25) is 0 Å². The van der Waals surface area contributed by atoms with Crippen LogP contribution in [0.1, 0.15) is 37.1 Å². The Bertz CT molecular complexity index is 473. The average molecular weight is 291 g/mol. The number of methoxy groups -OCH3 is 1. The lowest BCUT2D eigenvalue weighted by molar-refractivity contribution is 0.121. The standard InChI is InChI=1S/C17H29N3O/c1-12(2)9-18-10-16-13(3)8-14(4)19-17(16)20-7-6-15(11-20)21-5/h8,12,15,18H,6-7,9-11H2,1-5H3. The minimum absolute atomic E-state index is 0.337. The zero-order valence-electron chi connectivity index (χ0n) is 14.1. The van der Waals surface area contributed by atoms with Gasteiger partial charge in [0.15, 0.2) is 0 Å². The first kappa shape index (κ1) is 16.2. The summed E-state index contributed by atoms with van der Waals surface area (Å²) in [5.74, 6) is 1.81. The van der Waals surface area contributed by atoms with Gasteiger partial charge in [-0.25, -0.2) is 4.98 Å². The van der Waals surface area contributed by atoms with E-state index in [-0.39, 0.29) is 0 Å². The molecule has 0 bridgehead atoms. The van der Waals surface area contributed by atoms with Gasteiger partial charge in [-0.05, 0) is 44.4 Å². The van der Waals surface area contributed by atoms with Crippen LogP contribution >= 0.6 is 0 Å². The SMILES string of the molecule is COC1CCN(c2nc(C)cc(C)c2CNCC(C)C)C1. The van der Waals surface area contributed by atoms with Crippen LogP contribution in [-0.4, -0.2) is 37.8 Å². The molecule has 0 radical (unpaired) electrons. The van der Waals surface area contributed by atoms with Crippen molar-refractivity contribution in [1.29, 1.82) is 0 Å². The number of aromatic nitrogens is 1. The van der Waals surface area contributed by atoms with E-state index < -0.39 is 0 Å². The number of pyridine rings is 1. The van der Waals surface area contributed by atoms with E-state index in [0.29, 0.717) is 12.0 Å². The van der Waals surface area contributed by atoms with Crippen molar-refractivity contribution in [2.75, 3.05) is 31.6 Å². The second kappa shape index (κ2) is 7.23. The largest absolute Gasteiger partial charge is 0.380 e. The first-order chi connectivity index (χ1) is 10.0. The highest BCUT2D eigenvalue weighted by molar-refractivity contribution is 5.52. The predicted octanol–water partition coefficient (Wildman–Crippen LogP) is 2.67. The number of aryl methyl sites for hydroxylation is 2. The first-order valence-electron chi connectivity index (χ1n) is 7.96. The number of nitrogens with one attached hydrogen (secondary N) is 1. The summed E-state index contributed by atoms with van der Waals surface area (Å²) in [7, 11) is 1.80. The molecule has 1 aromatic rings. The van der Waals surface area contributed by atoms with Crippen LogP contribution in [-0.2, 0) is 11.3 Å². The highest BCUT2D eigenvalue weighted by Crippen LogP contribution is 2.26. The Balaban J connectivity index is 2.18. The lowest BCUT2D eigenvalue weighted by Crippen LogP contribution is -2.27. The summed E-state index contributed by atoms with van der Waals surface area (Å²) in [6, 6.07) is 2.18. The molecule has 0 spiro atoms. The maximum absolute atomic E-state index is 5.49. The lowest BCUT2D eigenvalue weighted by atomic mass is 10.1. The zero-order valence-corrected chi connectivity index (χ0v) is 14.1. The number of hydrogen-bond donors (Lipinski definition) is 1. The van der Waals surface area contributed by atoms with Gasteiger partial charge < -0.3 is 15.0 Å². The van der Waals surface area contributed by atoms with Crippen LogP contribution in [0.15, 0.2) is 6.07 Å². The maximum atomic E-state index is 5.49. The molecule has 1 fully saturated rings. The van der Waals surface area contributed by atoms with Crippen molar-refractivity contribution < 1.29 is 4.74 Å². The van der Waals surface area contributed by atoms with Crippen LogP contribution in [0, 0.1) is 19.8 Å². The molecule has 2 rings (SSSR count). The van der Waals surface area contributed by atoms with Crippen molar-refractivity contribution in [3.05, 3.63) is 22.9 Å². The van der Waals surface area contributed by atoms with Crippen molar-refractivity contribution in [2.45, 2.75) is 46.8 Å². The molecule has 1 aromatic heterocycles. The van der Waals surface area contributed by atoms with E-state index in [0.717, 1.165) is 44.1 Å². The minimum Gasteiger partial charge on any atom is -0.380 e. The van der Waals surface area contributed by atoms with E-state index in [1.165, 1.54) is 11.1 Å². The number of nitrogens with zero attached hydrogens (tertiary/aromatic N) is 2. The molecule has 0 aliphatic carbocycles. The van der Waals surface area contributed by atoms with Gasteiger partial charge in [0.2, 0.25) is 0 Å². The predicted molar refractivity (Wildman–Crippen MR) is 87.9 cm³/mol. The Morgan fingerprint density at radius 3 is 2.81 bits per heavy atom. The summed E-state index contributed by atoms with van der Waals surface area (Å²) in [6.07, 6.45) is 1.42. The average Bonchev–Trinajstić information content (AvgIpc) is 2.89. The topological polar surface area (TPSA) is 37.4 Å². The summed E-state index contributed by atoms with van der Waals surface area (Å²) in [5.41, 5.74) is 3.75.